The van der Waals surface area contributed by atoms with Crippen LogP contribution >= 0.6 is 0 Å². The molecule has 0 bridgehead atoms. The van der Waals surface area contributed by atoms with Gasteiger partial charge in [-0.15, -0.1) is 0 Å². The van der Waals surface area contributed by atoms with Crippen molar-refractivity contribution in [2.45, 2.75) is 26.8 Å². The average molecular weight is 231 g/mol. The highest BCUT2D eigenvalue weighted by atomic mass is 16.3. The van der Waals surface area contributed by atoms with Gasteiger partial charge in [0.2, 0.25) is 0 Å². The molecule has 3 nitrogen and oxygen atoms in total. The van der Waals surface area contributed by atoms with Crippen LogP contribution in [0.15, 0.2) is 29.1 Å². The van der Waals surface area contributed by atoms with Crippen LogP contribution in [0.4, 0.5) is 0 Å². The molecule has 1 heterocycles. The summed E-state index contributed by atoms with van der Waals surface area (Å²) in [7, 11) is 0. The monoisotopic (exact) mass is 231 g/mol. The number of para-hydroxylation sites is 1. The van der Waals surface area contributed by atoms with Gasteiger partial charge in [0.05, 0.1) is 5.52 Å². The molecule has 0 saturated carbocycles. The maximum absolute atomic E-state index is 12.0. The standard InChI is InChI=1S/C14H17NO2/c1-10-5-3-6-12-11(2)9-13(17)15(14(10)12)7-4-8-16/h3,5-6,9,16H,4,7-8H2,1-2H3. The first-order valence-electron chi connectivity index (χ1n) is 5.86. The van der Waals surface area contributed by atoms with Crippen molar-refractivity contribution in [3.05, 3.63) is 45.7 Å². The highest BCUT2D eigenvalue weighted by Gasteiger charge is 2.07. The predicted octanol–water partition coefficient (Wildman–Crippen LogP) is 2.00. The fourth-order valence-corrected chi connectivity index (χ4v) is 2.24. The Labute approximate surface area is 100 Å². The number of hydrogen-bond acceptors (Lipinski definition) is 2. The summed E-state index contributed by atoms with van der Waals surface area (Å²) in [6.45, 7) is 4.64. The fraction of sp³-hybridized carbons (Fsp3) is 0.357. The van der Waals surface area contributed by atoms with Crippen LogP contribution in [-0.4, -0.2) is 16.3 Å². The molecular weight excluding hydrogens is 214 g/mol. The normalized spacial score (nSPS) is 11.0. The van der Waals surface area contributed by atoms with Crippen LogP contribution in [0, 0.1) is 13.8 Å². The summed E-state index contributed by atoms with van der Waals surface area (Å²) in [4.78, 5) is 12.0. The lowest BCUT2D eigenvalue weighted by molar-refractivity contribution is 0.280. The van der Waals surface area contributed by atoms with Crippen molar-refractivity contribution in [3.63, 3.8) is 0 Å². The molecule has 0 radical (unpaired) electrons. The van der Waals surface area contributed by atoms with Crippen molar-refractivity contribution in [2.24, 2.45) is 0 Å². The lowest BCUT2D eigenvalue weighted by Crippen LogP contribution is -2.21. The molecule has 3 heteroatoms. The van der Waals surface area contributed by atoms with Gasteiger partial charge in [0, 0.05) is 24.6 Å². The molecule has 1 N–H and O–H groups in total. The minimum absolute atomic E-state index is 0.0118. The van der Waals surface area contributed by atoms with Gasteiger partial charge in [-0.1, -0.05) is 18.2 Å². The van der Waals surface area contributed by atoms with E-state index in [1.54, 1.807) is 10.6 Å². The molecule has 1 aromatic heterocycles. The van der Waals surface area contributed by atoms with Crippen LogP contribution in [0.3, 0.4) is 0 Å². The number of aliphatic hydroxyl groups excluding tert-OH is 1. The van der Waals surface area contributed by atoms with E-state index >= 15 is 0 Å². The van der Waals surface area contributed by atoms with Crippen LogP contribution < -0.4 is 5.56 Å². The van der Waals surface area contributed by atoms with E-state index in [9.17, 15) is 4.79 Å². The zero-order chi connectivity index (χ0) is 12.4. The predicted molar refractivity (Wildman–Crippen MR) is 69.4 cm³/mol. The summed E-state index contributed by atoms with van der Waals surface area (Å²) >= 11 is 0. The molecule has 0 unspecified atom stereocenters. The zero-order valence-corrected chi connectivity index (χ0v) is 10.2. The SMILES string of the molecule is Cc1cc(=O)n(CCCO)c2c(C)cccc12. The maximum Gasteiger partial charge on any atom is 0.251 e. The Bertz CT molecular complexity index is 599. The summed E-state index contributed by atoms with van der Waals surface area (Å²) < 4.78 is 1.76. The molecule has 0 atom stereocenters. The smallest absolute Gasteiger partial charge is 0.251 e. The quantitative estimate of drug-likeness (QED) is 0.878. The third kappa shape index (κ3) is 2.11. The van der Waals surface area contributed by atoms with Crippen molar-refractivity contribution in [3.8, 4) is 0 Å². The van der Waals surface area contributed by atoms with Crippen LogP contribution in [0.25, 0.3) is 10.9 Å². The summed E-state index contributed by atoms with van der Waals surface area (Å²) in [6.07, 6.45) is 0.604. The number of nitrogens with zero attached hydrogens (tertiary/aromatic N) is 1. The second kappa shape index (κ2) is 4.72. The van der Waals surface area contributed by atoms with E-state index in [-0.39, 0.29) is 12.2 Å². The molecule has 0 amide bonds. The lowest BCUT2D eigenvalue weighted by atomic mass is 10.1. The third-order valence-corrected chi connectivity index (χ3v) is 3.08. The summed E-state index contributed by atoms with van der Waals surface area (Å²) in [5.74, 6) is 0. The Hall–Kier alpha value is -1.61. The minimum Gasteiger partial charge on any atom is -0.396 e. The van der Waals surface area contributed by atoms with Gasteiger partial charge >= 0.3 is 0 Å². The molecule has 0 aliphatic carbocycles. The highest BCUT2D eigenvalue weighted by molar-refractivity contribution is 5.85. The van der Waals surface area contributed by atoms with E-state index in [4.69, 9.17) is 5.11 Å². The number of aliphatic hydroxyl groups is 1. The summed E-state index contributed by atoms with van der Waals surface area (Å²) in [5.41, 5.74) is 3.11. The molecule has 2 aromatic rings. The molecule has 17 heavy (non-hydrogen) atoms. The van der Waals surface area contributed by atoms with Crippen molar-refractivity contribution >= 4 is 10.9 Å². The van der Waals surface area contributed by atoms with E-state index in [0.29, 0.717) is 13.0 Å². The molecule has 0 aliphatic rings. The van der Waals surface area contributed by atoms with Crippen molar-refractivity contribution in [2.75, 3.05) is 6.61 Å². The molecule has 90 valence electrons. The van der Waals surface area contributed by atoms with Crippen LogP contribution in [-0.2, 0) is 6.54 Å². The molecule has 0 spiro atoms. The van der Waals surface area contributed by atoms with E-state index in [1.807, 2.05) is 32.0 Å². The van der Waals surface area contributed by atoms with Gasteiger partial charge in [-0.25, -0.2) is 0 Å². The van der Waals surface area contributed by atoms with E-state index in [2.05, 4.69) is 0 Å². The topological polar surface area (TPSA) is 42.2 Å². The maximum atomic E-state index is 12.0. The van der Waals surface area contributed by atoms with Gasteiger partial charge in [-0.3, -0.25) is 4.79 Å². The molecule has 0 saturated heterocycles. The van der Waals surface area contributed by atoms with Gasteiger partial charge in [-0.2, -0.15) is 0 Å². The Morgan fingerprint density at radius 2 is 2.00 bits per heavy atom. The van der Waals surface area contributed by atoms with Crippen molar-refractivity contribution in [1.82, 2.24) is 4.57 Å². The number of hydrogen-bond donors (Lipinski definition) is 1. The van der Waals surface area contributed by atoms with Gasteiger partial charge in [-0.05, 0) is 31.4 Å². The van der Waals surface area contributed by atoms with Crippen molar-refractivity contribution in [1.29, 1.82) is 0 Å². The molecular formula is C14H17NO2. The number of aryl methyl sites for hydroxylation is 3. The van der Waals surface area contributed by atoms with Crippen LogP contribution in [0.5, 0.6) is 0 Å². The van der Waals surface area contributed by atoms with Gasteiger partial charge < -0.3 is 9.67 Å². The first-order chi connectivity index (χ1) is 8.15. The molecule has 1 aromatic carbocycles. The zero-order valence-electron chi connectivity index (χ0n) is 10.2. The minimum atomic E-state index is 0.0118. The van der Waals surface area contributed by atoms with Gasteiger partial charge in [0.15, 0.2) is 0 Å². The number of pyridine rings is 1. The van der Waals surface area contributed by atoms with Crippen LogP contribution in [0.1, 0.15) is 17.5 Å². The lowest BCUT2D eigenvalue weighted by Gasteiger charge is -2.13. The first kappa shape index (κ1) is 11.9. The number of rotatable bonds is 3. The molecule has 0 aliphatic heterocycles. The second-order valence-corrected chi connectivity index (χ2v) is 4.37. The Morgan fingerprint density at radius 1 is 1.24 bits per heavy atom. The number of fused-ring (bicyclic) bond motifs is 1. The Balaban J connectivity index is 2.76. The van der Waals surface area contributed by atoms with E-state index < -0.39 is 0 Å². The summed E-state index contributed by atoms with van der Waals surface area (Å²) in [5, 5.41) is 10.0. The number of benzene rings is 1. The summed E-state index contributed by atoms with van der Waals surface area (Å²) in [6, 6.07) is 7.72. The Morgan fingerprint density at radius 3 is 2.71 bits per heavy atom. The van der Waals surface area contributed by atoms with E-state index in [1.165, 1.54) is 0 Å². The molecule has 2 rings (SSSR count). The molecule has 0 fully saturated rings. The highest BCUT2D eigenvalue weighted by Crippen LogP contribution is 2.20. The largest absolute Gasteiger partial charge is 0.396 e. The first-order valence-corrected chi connectivity index (χ1v) is 5.86. The van der Waals surface area contributed by atoms with Gasteiger partial charge in [0.1, 0.15) is 0 Å². The third-order valence-electron chi connectivity index (χ3n) is 3.08. The van der Waals surface area contributed by atoms with Gasteiger partial charge in [0.25, 0.3) is 5.56 Å². The Kier molecular flexibility index (Phi) is 3.29. The fourth-order valence-electron chi connectivity index (χ4n) is 2.24. The van der Waals surface area contributed by atoms with Crippen LogP contribution in [0.2, 0.25) is 0 Å². The average Bonchev–Trinajstić information content (AvgIpc) is 2.30. The van der Waals surface area contributed by atoms with Crippen molar-refractivity contribution < 1.29 is 5.11 Å². The second-order valence-electron chi connectivity index (χ2n) is 4.37. The number of aromatic nitrogens is 1. The van der Waals surface area contributed by atoms with E-state index in [0.717, 1.165) is 22.0 Å².